The van der Waals surface area contributed by atoms with Gasteiger partial charge in [0.15, 0.2) is 0 Å². The first-order valence-corrected chi connectivity index (χ1v) is 6.43. The molecule has 1 aromatic heterocycles. The number of nitrogens with zero attached hydrogens (tertiary/aromatic N) is 2. The van der Waals surface area contributed by atoms with E-state index in [0.717, 1.165) is 32.5 Å². The summed E-state index contributed by atoms with van der Waals surface area (Å²) in [6.45, 7) is 3.93. The van der Waals surface area contributed by atoms with Crippen LogP contribution < -0.4 is 0 Å². The van der Waals surface area contributed by atoms with E-state index in [1.54, 1.807) is 0 Å². The summed E-state index contributed by atoms with van der Waals surface area (Å²) in [6, 6.07) is 6.99. The molecule has 1 fully saturated rings. The maximum atomic E-state index is 5.43. The lowest BCUT2D eigenvalue weighted by molar-refractivity contribution is 0.0674. The Bertz CT molecular complexity index is 512. The zero-order valence-corrected chi connectivity index (χ0v) is 10.2. The molecule has 0 spiro atoms. The zero-order chi connectivity index (χ0) is 11.7. The molecule has 0 unspecified atom stereocenters. The lowest BCUT2D eigenvalue weighted by Gasteiger charge is -2.23. The number of aromatic nitrogens is 2. The number of ether oxygens (including phenoxy) is 1. The summed E-state index contributed by atoms with van der Waals surface area (Å²) in [7, 11) is 0. The van der Waals surface area contributed by atoms with Crippen LogP contribution in [0.5, 0.6) is 0 Å². The highest BCUT2D eigenvalue weighted by molar-refractivity contribution is 5.82. The number of hydrogen-bond acceptors (Lipinski definition) is 2. The van der Waals surface area contributed by atoms with Gasteiger partial charge in [-0.25, -0.2) is 0 Å². The average Bonchev–Trinajstić information content (AvgIpc) is 2.83. The predicted molar refractivity (Wildman–Crippen MR) is 68.2 cm³/mol. The molecule has 1 saturated heterocycles. The Morgan fingerprint density at radius 3 is 2.94 bits per heavy atom. The Morgan fingerprint density at radius 2 is 2.18 bits per heavy atom. The van der Waals surface area contributed by atoms with E-state index >= 15 is 0 Å². The summed E-state index contributed by atoms with van der Waals surface area (Å²) in [5, 5.41) is 5.85. The maximum Gasteiger partial charge on any atom is 0.0717 e. The molecule has 2 aromatic rings. The van der Waals surface area contributed by atoms with E-state index in [4.69, 9.17) is 4.74 Å². The highest BCUT2D eigenvalue weighted by Crippen LogP contribution is 2.27. The second-order valence-corrected chi connectivity index (χ2v) is 4.64. The Morgan fingerprint density at radius 1 is 1.35 bits per heavy atom. The molecular weight excluding hydrogens is 212 g/mol. The molecule has 3 heteroatoms. The van der Waals surface area contributed by atoms with Crippen molar-refractivity contribution in [3.05, 3.63) is 30.0 Å². The van der Waals surface area contributed by atoms with Crippen LogP contribution in [-0.4, -0.2) is 23.0 Å². The third-order valence-electron chi connectivity index (χ3n) is 3.62. The molecule has 1 aliphatic heterocycles. The monoisotopic (exact) mass is 230 g/mol. The quantitative estimate of drug-likeness (QED) is 0.793. The largest absolute Gasteiger partial charge is 0.381 e. The molecule has 1 aliphatic rings. The van der Waals surface area contributed by atoms with Crippen molar-refractivity contribution in [3.8, 4) is 0 Å². The van der Waals surface area contributed by atoms with Crippen LogP contribution in [0.25, 0.3) is 10.9 Å². The minimum atomic E-state index is 0.508. The number of aryl methyl sites for hydroxylation is 1. The fraction of sp³-hybridized carbons (Fsp3) is 0.500. The fourth-order valence-electron chi connectivity index (χ4n) is 2.67. The Balaban J connectivity index is 2.09. The third-order valence-corrected chi connectivity index (χ3v) is 3.62. The first-order chi connectivity index (χ1) is 8.40. The van der Waals surface area contributed by atoms with Crippen LogP contribution in [0.2, 0.25) is 0 Å². The van der Waals surface area contributed by atoms with Gasteiger partial charge in [-0.2, -0.15) is 5.10 Å². The Hall–Kier alpha value is -1.35. The van der Waals surface area contributed by atoms with Crippen LogP contribution in [0, 0.1) is 0 Å². The lowest BCUT2D eigenvalue weighted by Crippen LogP contribution is -2.20. The molecule has 3 nitrogen and oxygen atoms in total. The van der Waals surface area contributed by atoms with Crippen molar-refractivity contribution in [1.82, 2.24) is 9.78 Å². The fourth-order valence-corrected chi connectivity index (χ4v) is 2.67. The zero-order valence-electron chi connectivity index (χ0n) is 10.2. The molecule has 0 atom stereocenters. The molecule has 17 heavy (non-hydrogen) atoms. The van der Waals surface area contributed by atoms with Crippen LogP contribution >= 0.6 is 0 Å². The van der Waals surface area contributed by atoms with Crippen LogP contribution in [0.3, 0.4) is 0 Å². The third kappa shape index (κ3) is 1.84. The van der Waals surface area contributed by atoms with Crippen molar-refractivity contribution in [2.24, 2.45) is 0 Å². The first kappa shape index (κ1) is 10.8. The van der Waals surface area contributed by atoms with Crippen molar-refractivity contribution in [1.29, 1.82) is 0 Å². The van der Waals surface area contributed by atoms with Crippen LogP contribution in [0.4, 0.5) is 0 Å². The Labute approximate surface area is 101 Å². The number of para-hydroxylation sites is 1. The van der Waals surface area contributed by atoms with Crippen molar-refractivity contribution >= 4 is 10.9 Å². The second kappa shape index (κ2) is 4.49. The van der Waals surface area contributed by atoms with Gasteiger partial charge in [-0.15, -0.1) is 0 Å². The second-order valence-electron chi connectivity index (χ2n) is 4.64. The minimum Gasteiger partial charge on any atom is -0.381 e. The summed E-state index contributed by atoms with van der Waals surface area (Å²) in [4.78, 5) is 0. The first-order valence-electron chi connectivity index (χ1n) is 6.43. The maximum absolute atomic E-state index is 5.43. The van der Waals surface area contributed by atoms with E-state index in [0.29, 0.717) is 6.04 Å². The molecule has 0 N–H and O–H groups in total. The van der Waals surface area contributed by atoms with Crippen LogP contribution in [0.15, 0.2) is 24.4 Å². The molecular formula is C14H18N2O. The lowest BCUT2D eigenvalue weighted by atomic mass is 10.1. The topological polar surface area (TPSA) is 27.1 Å². The minimum absolute atomic E-state index is 0.508. The van der Waals surface area contributed by atoms with Crippen LogP contribution in [-0.2, 0) is 11.2 Å². The van der Waals surface area contributed by atoms with Crippen molar-refractivity contribution in [2.45, 2.75) is 32.2 Å². The molecule has 0 amide bonds. The number of benzene rings is 1. The molecule has 2 heterocycles. The highest BCUT2D eigenvalue weighted by Gasteiger charge is 2.19. The van der Waals surface area contributed by atoms with Gasteiger partial charge in [0.05, 0.1) is 17.8 Å². The summed E-state index contributed by atoms with van der Waals surface area (Å²) >= 11 is 0. The van der Waals surface area contributed by atoms with Gasteiger partial charge in [-0.1, -0.05) is 25.1 Å². The smallest absolute Gasteiger partial charge is 0.0717 e. The van der Waals surface area contributed by atoms with Gasteiger partial charge in [0.2, 0.25) is 0 Å². The van der Waals surface area contributed by atoms with Gasteiger partial charge in [0.25, 0.3) is 0 Å². The normalized spacial score (nSPS) is 17.7. The van der Waals surface area contributed by atoms with Gasteiger partial charge in [-0.05, 0) is 24.8 Å². The van der Waals surface area contributed by atoms with Crippen molar-refractivity contribution in [2.75, 3.05) is 13.2 Å². The summed E-state index contributed by atoms with van der Waals surface area (Å²) in [6.07, 6.45) is 5.21. The number of fused-ring (bicyclic) bond motifs is 1. The molecule has 0 radical (unpaired) electrons. The van der Waals surface area contributed by atoms with E-state index in [1.807, 2.05) is 6.20 Å². The SMILES string of the molecule is CCc1cccc2cnn(C3CCOCC3)c12. The summed E-state index contributed by atoms with van der Waals surface area (Å²) in [5.74, 6) is 0. The van der Waals surface area contributed by atoms with E-state index in [9.17, 15) is 0 Å². The highest BCUT2D eigenvalue weighted by atomic mass is 16.5. The molecule has 90 valence electrons. The van der Waals surface area contributed by atoms with Crippen molar-refractivity contribution < 1.29 is 4.74 Å². The van der Waals surface area contributed by atoms with Crippen molar-refractivity contribution in [3.63, 3.8) is 0 Å². The van der Waals surface area contributed by atoms with E-state index in [-0.39, 0.29) is 0 Å². The Kier molecular flexibility index (Phi) is 2.85. The summed E-state index contributed by atoms with van der Waals surface area (Å²) in [5.41, 5.74) is 2.72. The van der Waals surface area contributed by atoms with Gasteiger partial charge >= 0.3 is 0 Å². The predicted octanol–water partition coefficient (Wildman–Crippen LogP) is 2.95. The number of rotatable bonds is 2. The van der Waals surface area contributed by atoms with Gasteiger partial charge in [0.1, 0.15) is 0 Å². The molecule has 3 rings (SSSR count). The van der Waals surface area contributed by atoms with E-state index in [1.165, 1.54) is 16.5 Å². The molecule has 1 aromatic carbocycles. The van der Waals surface area contributed by atoms with Gasteiger partial charge in [0, 0.05) is 18.6 Å². The summed E-state index contributed by atoms with van der Waals surface area (Å²) < 4.78 is 7.64. The van der Waals surface area contributed by atoms with Gasteiger partial charge < -0.3 is 4.74 Å². The average molecular weight is 230 g/mol. The molecule has 0 bridgehead atoms. The number of hydrogen-bond donors (Lipinski definition) is 0. The molecule has 0 saturated carbocycles. The van der Waals surface area contributed by atoms with Gasteiger partial charge in [-0.3, -0.25) is 4.68 Å². The molecule has 0 aliphatic carbocycles. The standard InChI is InChI=1S/C14H18N2O/c1-2-11-4-3-5-12-10-15-16(14(11)12)13-6-8-17-9-7-13/h3-5,10,13H,2,6-9H2,1H3. The van der Waals surface area contributed by atoms with Crippen LogP contribution in [0.1, 0.15) is 31.4 Å². The van der Waals surface area contributed by atoms with E-state index in [2.05, 4.69) is 34.9 Å². The van der Waals surface area contributed by atoms with E-state index < -0.39 is 0 Å².